The number of carbonyl (C=O) groups is 1. The summed E-state index contributed by atoms with van der Waals surface area (Å²) in [6.45, 7) is 6.09. The summed E-state index contributed by atoms with van der Waals surface area (Å²) in [4.78, 5) is 12.9. The second-order valence-corrected chi connectivity index (χ2v) is 10.5. The third-order valence-corrected chi connectivity index (χ3v) is 7.82. The molecule has 0 aliphatic carbocycles. The van der Waals surface area contributed by atoms with Gasteiger partial charge in [-0.25, -0.2) is 8.42 Å². The van der Waals surface area contributed by atoms with Gasteiger partial charge in [0.2, 0.25) is 10.0 Å². The number of rotatable bonds is 7. The molecular formula is C25H30N4O3S. The SMILES string of the molecule is Cc1cc(C)n(Cc2cccc(CNC(=O)c3cccc(S(=O)(=O)N4CCCCC4)c3)c2)n1. The number of carbonyl (C=O) groups excluding carboxylic acids is 1. The summed E-state index contributed by atoms with van der Waals surface area (Å²) in [7, 11) is -3.58. The van der Waals surface area contributed by atoms with Crippen LogP contribution >= 0.6 is 0 Å². The Morgan fingerprint density at radius 2 is 1.70 bits per heavy atom. The average molecular weight is 467 g/mol. The van der Waals surface area contributed by atoms with Crippen molar-refractivity contribution in [2.24, 2.45) is 0 Å². The Labute approximate surface area is 195 Å². The summed E-state index contributed by atoms with van der Waals surface area (Å²) in [6.07, 6.45) is 2.80. The number of piperidine rings is 1. The third kappa shape index (κ3) is 5.51. The van der Waals surface area contributed by atoms with Crippen LogP contribution in [-0.4, -0.2) is 41.5 Å². The highest BCUT2D eigenvalue weighted by atomic mass is 32.2. The first kappa shape index (κ1) is 23.2. The number of benzene rings is 2. The highest BCUT2D eigenvalue weighted by molar-refractivity contribution is 7.89. The molecule has 1 aromatic heterocycles. The molecule has 4 rings (SSSR count). The van der Waals surface area contributed by atoms with E-state index in [0.29, 0.717) is 31.7 Å². The maximum Gasteiger partial charge on any atom is 0.251 e. The van der Waals surface area contributed by atoms with E-state index in [4.69, 9.17) is 0 Å². The Bertz CT molecular complexity index is 1240. The molecule has 1 aliphatic rings. The van der Waals surface area contributed by atoms with Gasteiger partial charge in [0.25, 0.3) is 5.91 Å². The van der Waals surface area contributed by atoms with Crippen molar-refractivity contribution < 1.29 is 13.2 Å². The summed E-state index contributed by atoms with van der Waals surface area (Å²) >= 11 is 0. The van der Waals surface area contributed by atoms with Gasteiger partial charge in [-0.2, -0.15) is 9.40 Å². The van der Waals surface area contributed by atoms with Gasteiger partial charge in [-0.15, -0.1) is 0 Å². The van der Waals surface area contributed by atoms with Crippen LogP contribution in [0, 0.1) is 13.8 Å². The molecule has 1 amide bonds. The van der Waals surface area contributed by atoms with Crippen LogP contribution in [0.4, 0.5) is 0 Å². The number of hydrogen-bond donors (Lipinski definition) is 1. The van der Waals surface area contributed by atoms with Crippen LogP contribution in [-0.2, 0) is 23.1 Å². The van der Waals surface area contributed by atoms with E-state index in [2.05, 4.69) is 10.4 Å². The number of amides is 1. The van der Waals surface area contributed by atoms with E-state index in [1.807, 2.05) is 48.9 Å². The van der Waals surface area contributed by atoms with E-state index in [-0.39, 0.29) is 10.8 Å². The van der Waals surface area contributed by atoms with Crippen LogP contribution in [0.1, 0.15) is 52.1 Å². The number of aromatic nitrogens is 2. The fourth-order valence-electron chi connectivity index (χ4n) is 4.18. The monoisotopic (exact) mass is 466 g/mol. The molecule has 3 aromatic rings. The van der Waals surface area contributed by atoms with Crippen molar-refractivity contribution in [3.63, 3.8) is 0 Å². The fourth-order valence-corrected chi connectivity index (χ4v) is 5.75. The number of nitrogens with zero attached hydrogens (tertiary/aromatic N) is 3. The van der Waals surface area contributed by atoms with Crippen molar-refractivity contribution in [3.05, 3.63) is 82.7 Å². The van der Waals surface area contributed by atoms with Crippen LogP contribution in [0.5, 0.6) is 0 Å². The molecule has 33 heavy (non-hydrogen) atoms. The highest BCUT2D eigenvalue weighted by Crippen LogP contribution is 2.21. The van der Waals surface area contributed by atoms with Gasteiger partial charge < -0.3 is 5.32 Å². The first-order valence-electron chi connectivity index (χ1n) is 11.3. The lowest BCUT2D eigenvalue weighted by Gasteiger charge is -2.26. The molecule has 1 saturated heterocycles. The molecule has 1 N–H and O–H groups in total. The van der Waals surface area contributed by atoms with Crippen LogP contribution in [0.15, 0.2) is 59.5 Å². The molecule has 0 atom stereocenters. The number of nitrogens with one attached hydrogen (secondary N) is 1. The quantitative estimate of drug-likeness (QED) is 0.576. The van der Waals surface area contributed by atoms with Gasteiger partial charge >= 0.3 is 0 Å². The van der Waals surface area contributed by atoms with Crippen molar-refractivity contribution in [3.8, 4) is 0 Å². The largest absolute Gasteiger partial charge is 0.348 e. The van der Waals surface area contributed by atoms with Crippen molar-refractivity contribution in [2.75, 3.05) is 13.1 Å². The lowest BCUT2D eigenvalue weighted by molar-refractivity contribution is 0.0950. The van der Waals surface area contributed by atoms with Gasteiger partial charge in [0.05, 0.1) is 17.1 Å². The topological polar surface area (TPSA) is 84.3 Å². The van der Waals surface area contributed by atoms with Gasteiger partial charge in [0, 0.05) is 30.9 Å². The summed E-state index contributed by atoms with van der Waals surface area (Å²) in [5.41, 5.74) is 4.50. The summed E-state index contributed by atoms with van der Waals surface area (Å²) in [6, 6.07) is 16.4. The van der Waals surface area contributed by atoms with Crippen molar-refractivity contribution in [1.82, 2.24) is 19.4 Å². The molecule has 0 spiro atoms. The predicted molar refractivity (Wildman–Crippen MR) is 127 cm³/mol. The van der Waals surface area contributed by atoms with Gasteiger partial charge in [-0.05, 0) is 62.1 Å². The molecule has 174 valence electrons. The molecule has 1 fully saturated rings. The Hall–Kier alpha value is -2.97. The van der Waals surface area contributed by atoms with Crippen LogP contribution in [0.2, 0.25) is 0 Å². The Balaban J connectivity index is 1.42. The highest BCUT2D eigenvalue weighted by Gasteiger charge is 2.26. The van der Waals surface area contributed by atoms with Crippen LogP contribution in [0.25, 0.3) is 0 Å². The second-order valence-electron chi connectivity index (χ2n) is 8.58. The van der Waals surface area contributed by atoms with Gasteiger partial charge in [-0.3, -0.25) is 9.48 Å². The minimum Gasteiger partial charge on any atom is -0.348 e. The second kappa shape index (κ2) is 9.89. The Kier molecular flexibility index (Phi) is 6.95. The lowest BCUT2D eigenvalue weighted by Crippen LogP contribution is -2.35. The molecule has 7 nitrogen and oxygen atoms in total. The molecule has 2 heterocycles. The van der Waals surface area contributed by atoms with Gasteiger partial charge in [-0.1, -0.05) is 36.8 Å². The molecule has 0 unspecified atom stereocenters. The molecule has 0 bridgehead atoms. The number of hydrogen-bond acceptors (Lipinski definition) is 4. The maximum atomic E-state index is 12.9. The van der Waals surface area contributed by atoms with Gasteiger partial charge in [0.15, 0.2) is 0 Å². The normalized spacial score (nSPS) is 14.8. The molecule has 1 aliphatic heterocycles. The fraction of sp³-hybridized carbons (Fsp3) is 0.360. The molecule has 0 radical (unpaired) electrons. The maximum absolute atomic E-state index is 12.9. The molecule has 2 aromatic carbocycles. The van der Waals surface area contributed by atoms with E-state index in [1.54, 1.807) is 18.2 Å². The molecule has 8 heteroatoms. The van der Waals surface area contributed by atoms with Crippen LogP contribution in [0.3, 0.4) is 0 Å². The first-order chi connectivity index (χ1) is 15.8. The van der Waals surface area contributed by atoms with E-state index in [0.717, 1.165) is 41.8 Å². The summed E-state index contributed by atoms with van der Waals surface area (Å²) in [5.74, 6) is -0.297. The number of aryl methyl sites for hydroxylation is 2. The minimum atomic E-state index is -3.58. The van der Waals surface area contributed by atoms with Crippen molar-refractivity contribution >= 4 is 15.9 Å². The summed E-state index contributed by atoms with van der Waals surface area (Å²) in [5, 5.41) is 7.42. The van der Waals surface area contributed by atoms with E-state index in [9.17, 15) is 13.2 Å². The number of sulfonamides is 1. The zero-order chi connectivity index (χ0) is 23.4. The zero-order valence-electron chi connectivity index (χ0n) is 19.1. The minimum absolute atomic E-state index is 0.170. The standard InChI is InChI=1S/C25H30N4O3S/c1-19-14-20(2)29(27-19)18-22-9-6-8-21(15-22)17-26-25(30)23-10-7-11-24(16-23)33(31,32)28-12-4-3-5-13-28/h6-11,14-16H,3-5,12-13,17-18H2,1-2H3,(H,26,30). The Morgan fingerprint density at radius 1 is 0.970 bits per heavy atom. The van der Waals surface area contributed by atoms with E-state index >= 15 is 0 Å². The van der Waals surface area contributed by atoms with E-state index in [1.165, 1.54) is 10.4 Å². The first-order valence-corrected chi connectivity index (χ1v) is 12.7. The van der Waals surface area contributed by atoms with Crippen molar-refractivity contribution in [1.29, 1.82) is 0 Å². The van der Waals surface area contributed by atoms with E-state index < -0.39 is 10.0 Å². The van der Waals surface area contributed by atoms with Crippen molar-refractivity contribution in [2.45, 2.75) is 51.1 Å². The van der Waals surface area contributed by atoms with Gasteiger partial charge in [0.1, 0.15) is 0 Å². The molecular weight excluding hydrogens is 436 g/mol. The third-order valence-electron chi connectivity index (χ3n) is 5.93. The smallest absolute Gasteiger partial charge is 0.251 e. The average Bonchev–Trinajstić information content (AvgIpc) is 3.14. The zero-order valence-corrected chi connectivity index (χ0v) is 19.9. The predicted octanol–water partition coefficient (Wildman–Crippen LogP) is 3.65. The Morgan fingerprint density at radius 3 is 2.42 bits per heavy atom. The van der Waals surface area contributed by atoms with Crippen LogP contribution < -0.4 is 5.32 Å². The summed E-state index contributed by atoms with van der Waals surface area (Å²) < 4.78 is 29.4. The lowest BCUT2D eigenvalue weighted by atomic mass is 10.1. The molecule has 0 saturated carbocycles.